The second kappa shape index (κ2) is 5.65. The normalized spacial score (nSPS) is 31.4. The smallest absolute Gasteiger partial charge is 0.253 e. The number of anilines is 1. The van der Waals surface area contributed by atoms with E-state index in [4.69, 9.17) is 0 Å². The summed E-state index contributed by atoms with van der Waals surface area (Å²) in [5, 5.41) is 1.79. The van der Waals surface area contributed by atoms with Crippen LogP contribution in [-0.2, 0) is 14.8 Å². The summed E-state index contributed by atoms with van der Waals surface area (Å²) in [7, 11) is -3.52. The largest absolute Gasteiger partial charge is 0.312 e. The molecule has 3 aliphatic rings. The van der Waals surface area contributed by atoms with Crippen molar-refractivity contribution in [2.24, 2.45) is 5.41 Å². The molecule has 7 heteroatoms. The lowest BCUT2D eigenvalue weighted by Gasteiger charge is -2.31. The summed E-state index contributed by atoms with van der Waals surface area (Å²) in [6.45, 7) is 0.666. The van der Waals surface area contributed by atoms with E-state index in [9.17, 15) is 13.2 Å². The maximum absolute atomic E-state index is 13.4. The fraction of sp³-hybridized carbons (Fsp3) is 0.421. The number of carbonyl (C=O) groups is 1. The summed E-state index contributed by atoms with van der Waals surface area (Å²) in [5.74, 6) is 0.0993. The van der Waals surface area contributed by atoms with Gasteiger partial charge in [-0.25, -0.2) is 8.42 Å². The van der Waals surface area contributed by atoms with E-state index in [-0.39, 0.29) is 18.0 Å². The Labute approximate surface area is 157 Å². The van der Waals surface area contributed by atoms with Crippen molar-refractivity contribution in [3.63, 3.8) is 0 Å². The zero-order chi connectivity index (χ0) is 17.9. The minimum absolute atomic E-state index is 0.0493. The van der Waals surface area contributed by atoms with Crippen LogP contribution in [0.5, 0.6) is 0 Å². The molecule has 5 nitrogen and oxygen atoms in total. The molecule has 0 N–H and O–H groups in total. The zero-order valence-electron chi connectivity index (χ0n) is 14.2. The number of para-hydroxylation sites is 1. The average molecular weight is 389 g/mol. The van der Waals surface area contributed by atoms with Gasteiger partial charge in [0.2, 0.25) is 5.91 Å². The first-order chi connectivity index (χ1) is 12.5. The number of benzene rings is 1. The fourth-order valence-electron chi connectivity index (χ4n) is 5.15. The topological polar surface area (TPSA) is 57.7 Å². The molecule has 2 aromatic rings. The van der Waals surface area contributed by atoms with Gasteiger partial charge in [0.25, 0.3) is 10.0 Å². The van der Waals surface area contributed by atoms with Crippen molar-refractivity contribution in [2.75, 3.05) is 11.4 Å². The highest BCUT2D eigenvalue weighted by Crippen LogP contribution is 2.57. The van der Waals surface area contributed by atoms with Crippen LogP contribution in [-0.4, -0.2) is 37.3 Å². The van der Waals surface area contributed by atoms with Gasteiger partial charge in [-0.3, -0.25) is 4.79 Å². The Hall–Kier alpha value is -1.70. The molecule has 1 spiro atoms. The van der Waals surface area contributed by atoms with E-state index in [1.807, 2.05) is 35.2 Å². The van der Waals surface area contributed by atoms with E-state index >= 15 is 0 Å². The highest BCUT2D eigenvalue weighted by Gasteiger charge is 2.65. The number of thiophene rings is 1. The molecule has 0 saturated carbocycles. The Morgan fingerprint density at radius 3 is 2.62 bits per heavy atom. The van der Waals surface area contributed by atoms with Crippen LogP contribution in [0.15, 0.2) is 52.1 Å². The monoisotopic (exact) mass is 388 g/mol. The zero-order valence-corrected chi connectivity index (χ0v) is 15.9. The third-order valence-electron chi connectivity index (χ3n) is 6.23. The van der Waals surface area contributed by atoms with Crippen LogP contribution in [0.4, 0.5) is 5.69 Å². The van der Waals surface area contributed by atoms with Crippen LogP contribution in [0.25, 0.3) is 0 Å². The van der Waals surface area contributed by atoms with E-state index in [2.05, 4.69) is 0 Å². The molecule has 3 aliphatic heterocycles. The second-order valence-corrected chi connectivity index (χ2v) is 10.4. The van der Waals surface area contributed by atoms with Gasteiger partial charge in [-0.05, 0) is 49.3 Å². The van der Waals surface area contributed by atoms with Crippen LogP contribution in [0, 0.1) is 5.41 Å². The number of sulfonamides is 1. The first kappa shape index (κ1) is 16.5. The Morgan fingerprint density at radius 1 is 1.08 bits per heavy atom. The van der Waals surface area contributed by atoms with Gasteiger partial charge in [0.1, 0.15) is 4.21 Å². The van der Waals surface area contributed by atoms with Crippen molar-refractivity contribution in [1.29, 1.82) is 0 Å². The first-order valence-electron chi connectivity index (χ1n) is 8.98. The van der Waals surface area contributed by atoms with Gasteiger partial charge in [0, 0.05) is 24.3 Å². The number of amides is 1. The van der Waals surface area contributed by atoms with Crippen LogP contribution in [0.3, 0.4) is 0 Å². The summed E-state index contributed by atoms with van der Waals surface area (Å²) in [5.41, 5.74) is 0.355. The van der Waals surface area contributed by atoms with Gasteiger partial charge in [0.05, 0.1) is 5.41 Å². The summed E-state index contributed by atoms with van der Waals surface area (Å²) in [6, 6.07) is 12.9. The quantitative estimate of drug-likeness (QED) is 0.812. The average Bonchev–Trinajstić information content (AvgIpc) is 3.41. The summed E-state index contributed by atoms with van der Waals surface area (Å²) < 4.78 is 28.4. The Kier molecular flexibility index (Phi) is 3.58. The number of nitrogens with zero attached hydrogens (tertiary/aromatic N) is 2. The Morgan fingerprint density at radius 2 is 1.88 bits per heavy atom. The molecule has 5 rings (SSSR count). The van der Waals surface area contributed by atoms with Crippen LogP contribution >= 0.6 is 11.3 Å². The van der Waals surface area contributed by atoms with Crippen LogP contribution in [0.2, 0.25) is 0 Å². The molecule has 136 valence electrons. The lowest BCUT2D eigenvalue weighted by molar-refractivity contribution is -0.126. The maximum atomic E-state index is 13.4. The van der Waals surface area contributed by atoms with Gasteiger partial charge in [-0.2, -0.15) is 4.31 Å². The minimum Gasteiger partial charge on any atom is -0.312 e. The Balaban J connectivity index is 1.50. The number of carbonyl (C=O) groups excluding carboxylic acids is 1. The van der Waals surface area contributed by atoms with Crippen molar-refractivity contribution >= 4 is 33.0 Å². The fourth-order valence-corrected chi connectivity index (χ4v) is 8.18. The molecule has 26 heavy (non-hydrogen) atoms. The van der Waals surface area contributed by atoms with E-state index in [0.717, 1.165) is 24.9 Å². The van der Waals surface area contributed by atoms with Crippen molar-refractivity contribution in [3.05, 3.63) is 47.8 Å². The van der Waals surface area contributed by atoms with E-state index in [1.54, 1.807) is 21.8 Å². The number of hydrogen-bond donors (Lipinski definition) is 0. The summed E-state index contributed by atoms with van der Waals surface area (Å²) >= 11 is 1.25. The third kappa shape index (κ3) is 2.11. The van der Waals surface area contributed by atoms with Crippen molar-refractivity contribution in [2.45, 2.75) is 42.0 Å². The molecule has 4 heterocycles. The number of rotatable bonds is 3. The number of hydrogen-bond acceptors (Lipinski definition) is 4. The van der Waals surface area contributed by atoms with Crippen LogP contribution < -0.4 is 4.90 Å². The third-order valence-corrected chi connectivity index (χ3v) is 9.56. The summed E-state index contributed by atoms with van der Waals surface area (Å²) in [4.78, 5) is 15.2. The van der Waals surface area contributed by atoms with Crippen molar-refractivity contribution in [3.8, 4) is 0 Å². The van der Waals surface area contributed by atoms with E-state index in [0.29, 0.717) is 17.2 Å². The lowest BCUT2D eigenvalue weighted by Crippen LogP contribution is -2.45. The molecule has 3 saturated heterocycles. The molecule has 0 radical (unpaired) electrons. The van der Waals surface area contributed by atoms with Crippen LogP contribution in [0.1, 0.15) is 25.7 Å². The summed E-state index contributed by atoms with van der Waals surface area (Å²) in [6.07, 6.45) is 3.03. The number of fused-ring (bicyclic) bond motifs is 3. The molecule has 3 unspecified atom stereocenters. The minimum atomic E-state index is -3.52. The highest BCUT2D eigenvalue weighted by molar-refractivity contribution is 7.91. The molecule has 3 atom stereocenters. The van der Waals surface area contributed by atoms with Crippen molar-refractivity contribution < 1.29 is 13.2 Å². The maximum Gasteiger partial charge on any atom is 0.253 e. The van der Waals surface area contributed by atoms with E-state index < -0.39 is 15.4 Å². The Bertz CT molecular complexity index is 942. The van der Waals surface area contributed by atoms with Crippen molar-refractivity contribution in [1.82, 2.24) is 4.31 Å². The predicted octanol–water partition coefficient (Wildman–Crippen LogP) is 3.10. The molecular weight excluding hydrogens is 368 g/mol. The van der Waals surface area contributed by atoms with E-state index in [1.165, 1.54) is 11.3 Å². The standard InChI is InChI=1S/C19H20N2O3S2/c22-18-19(10-11-20(18)14-5-2-1-3-6-14)13-15-8-9-16(19)21(15)26(23,24)17-7-4-12-25-17/h1-7,12,15-16H,8-11,13H2. The van der Waals surface area contributed by atoms with Gasteiger partial charge in [-0.15, -0.1) is 11.3 Å². The molecule has 1 amide bonds. The van der Waals surface area contributed by atoms with Gasteiger partial charge in [-0.1, -0.05) is 24.3 Å². The first-order valence-corrected chi connectivity index (χ1v) is 11.3. The van der Waals surface area contributed by atoms with Gasteiger partial charge < -0.3 is 4.90 Å². The molecular formula is C19H20N2O3S2. The molecule has 0 aliphatic carbocycles. The molecule has 1 aromatic heterocycles. The SMILES string of the molecule is O=C1N(c2ccccc2)CCC12CC1CCC2N1S(=O)(=O)c1cccs1. The molecule has 1 aromatic carbocycles. The second-order valence-electron chi connectivity index (χ2n) is 7.42. The molecule has 2 bridgehead atoms. The molecule has 3 fully saturated rings. The van der Waals surface area contributed by atoms with Gasteiger partial charge in [0.15, 0.2) is 0 Å². The lowest BCUT2D eigenvalue weighted by atomic mass is 9.72. The highest BCUT2D eigenvalue weighted by atomic mass is 32.2. The van der Waals surface area contributed by atoms with Gasteiger partial charge >= 0.3 is 0 Å². The predicted molar refractivity (Wildman–Crippen MR) is 101 cm³/mol.